The smallest absolute Gasteiger partial charge is 0.244 e. The van der Waals surface area contributed by atoms with Crippen molar-refractivity contribution in [2.45, 2.75) is 29.6 Å². The zero-order chi connectivity index (χ0) is 9.69. The molecule has 0 amide bonds. The number of nitrogens with one attached hydrogen (secondary N) is 1. The van der Waals surface area contributed by atoms with E-state index in [1.807, 2.05) is 6.92 Å². The van der Waals surface area contributed by atoms with Crippen LogP contribution in [0.15, 0.2) is 4.79 Å². The largest absolute Gasteiger partial charge is 0.361 e. The maximum absolute atomic E-state index is 11.2. The molecule has 0 saturated heterocycles. The summed E-state index contributed by atoms with van der Waals surface area (Å²) in [5.74, 6) is 0. The first-order valence-electron chi connectivity index (χ1n) is 3.92. The Morgan fingerprint density at radius 3 is 2.62 bits per heavy atom. The standard InChI is InChI=1S/C6H8Cl2N4O/c1-2-5(3-6(5,7)8)12-4(13)9-10-11-12/h2-3H2,1H3,(H,9,11,13). The third-order valence-corrected chi connectivity index (χ3v) is 3.50. The van der Waals surface area contributed by atoms with Gasteiger partial charge in [0.05, 0.1) is 0 Å². The normalized spacial score (nSPS) is 30.4. The molecule has 0 aromatic carbocycles. The van der Waals surface area contributed by atoms with Crippen molar-refractivity contribution in [3.05, 3.63) is 10.5 Å². The number of halogens is 2. The van der Waals surface area contributed by atoms with E-state index in [0.717, 1.165) is 0 Å². The predicted molar refractivity (Wildman–Crippen MR) is 48.0 cm³/mol. The molecular weight excluding hydrogens is 215 g/mol. The van der Waals surface area contributed by atoms with E-state index >= 15 is 0 Å². The van der Waals surface area contributed by atoms with Crippen LogP contribution in [-0.4, -0.2) is 24.5 Å². The maximum atomic E-state index is 11.2. The maximum Gasteiger partial charge on any atom is 0.361 e. The number of aromatic amines is 1. The van der Waals surface area contributed by atoms with Crippen LogP contribution in [0.2, 0.25) is 0 Å². The lowest BCUT2D eigenvalue weighted by Crippen LogP contribution is -2.33. The molecule has 1 saturated carbocycles. The molecule has 1 atom stereocenters. The average molecular weight is 223 g/mol. The van der Waals surface area contributed by atoms with E-state index in [1.165, 1.54) is 4.68 Å². The summed E-state index contributed by atoms with van der Waals surface area (Å²) in [5, 5.41) is 9.26. The molecule has 1 aromatic heterocycles. The van der Waals surface area contributed by atoms with Gasteiger partial charge in [0, 0.05) is 6.42 Å². The third kappa shape index (κ3) is 1.03. The second-order valence-corrected chi connectivity index (χ2v) is 4.67. The summed E-state index contributed by atoms with van der Waals surface area (Å²) in [4.78, 5) is 11.2. The van der Waals surface area contributed by atoms with Gasteiger partial charge in [0.15, 0.2) is 0 Å². The van der Waals surface area contributed by atoms with Gasteiger partial charge < -0.3 is 0 Å². The minimum absolute atomic E-state index is 0.370. The fraction of sp³-hybridized carbons (Fsp3) is 0.833. The number of nitrogens with zero attached hydrogens (tertiary/aromatic N) is 3. The average Bonchev–Trinajstić information content (AvgIpc) is 2.43. The highest BCUT2D eigenvalue weighted by atomic mass is 35.5. The van der Waals surface area contributed by atoms with Crippen molar-refractivity contribution in [1.82, 2.24) is 20.2 Å². The first-order chi connectivity index (χ1) is 6.03. The second kappa shape index (κ2) is 2.48. The number of tetrazole rings is 1. The molecule has 0 aliphatic heterocycles. The van der Waals surface area contributed by atoms with Gasteiger partial charge in [-0.1, -0.05) is 30.1 Å². The zero-order valence-electron chi connectivity index (χ0n) is 6.92. The van der Waals surface area contributed by atoms with E-state index in [9.17, 15) is 4.79 Å². The summed E-state index contributed by atoms with van der Waals surface area (Å²) in [6.07, 6.45) is 1.19. The summed E-state index contributed by atoms with van der Waals surface area (Å²) in [6.45, 7) is 1.91. The first-order valence-corrected chi connectivity index (χ1v) is 4.68. The molecule has 1 heterocycles. The molecule has 13 heavy (non-hydrogen) atoms. The van der Waals surface area contributed by atoms with Gasteiger partial charge in [0.25, 0.3) is 0 Å². The van der Waals surface area contributed by atoms with Gasteiger partial charge in [-0.05, 0) is 16.8 Å². The van der Waals surface area contributed by atoms with Crippen molar-refractivity contribution < 1.29 is 0 Å². The molecule has 0 bridgehead atoms. The lowest BCUT2D eigenvalue weighted by molar-refractivity contribution is 0.391. The minimum Gasteiger partial charge on any atom is -0.244 e. The summed E-state index contributed by atoms with van der Waals surface area (Å²) in [6, 6.07) is 0. The lowest BCUT2D eigenvalue weighted by atomic mass is 10.2. The number of rotatable bonds is 2. The van der Waals surface area contributed by atoms with Crippen molar-refractivity contribution in [3.63, 3.8) is 0 Å². The number of hydrogen-bond acceptors (Lipinski definition) is 3. The number of alkyl halides is 2. The van der Waals surface area contributed by atoms with E-state index in [-0.39, 0.29) is 5.69 Å². The molecule has 0 spiro atoms. The van der Waals surface area contributed by atoms with Gasteiger partial charge >= 0.3 is 5.69 Å². The van der Waals surface area contributed by atoms with Crippen LogP contribution in [0.5, 0.6) is 0 Å². The molecule has 5 nitrogen and oxygen atoms in total. The molecule has 1 fully saturated rings. The van der Waals surface area contributed by atoms with Crippen LogP contribution in [-0.2, 0) is 5.54 Å². The highest BCUT2D eigenvalue weighted by molar-refractivity contribution is 6.51. The Morgan fingerprint density at radius 2 is 2.31 bits per heavy atom. The van der Waals surface area contributed by atoms with Crippen LogP contribution in [0.3, 0.4) is 0 Å². The highest BCUT2D eigenvalue weighted by Crippen LogP contribution is 2.62. The Morgan fingerprint density at radius 1 is 1.69 bits per heavy atom. The number of aromatic nitrogens is 4. The summed E-state index contributed by atoms with van der Waals surface area (Å²) < 4.78 is 0.343. The predicted octanol–water partition coefficient (Wildman–Crippen LogP) is 0.649. The van der Waals surface area contributed by atoms with Crippen molar-refractivity contribution in [3.8, 4) is 0 Å². The van der Waals surface area contributed by atoms with Gasteiger partial charge in [-0.25, -0.2) is 9.89 Å². The molecule has 2 rings (SSSR count). The van der Waals surface area contributed by atoms with Gasteiger partial charge in [-0.15, -0.1) is 0 Å². The second-order valence-electron chi connectivity index (χ2n) is 3.18. The summed E-state index contributed by atoms with van der Waals surface area (Å²) in [7, 11) is 0. The summed E-state index contributed by atoms with van der Waals surface area (Å²) in [5.41, 5.74) is -0.940. The van der Waals surface area contributed by atoms with Gasteiger partial charge in [-0.3, -0.25) is 0 Å². The van der Waals surface area contributed by atoms with Crippen LogP contribution >= 0.6 is 23.2 Å². The zero-order valence-corrected chi connectivity index (χ0v) is 8.43. The Hall–Kier alpha value is -0.550. The van der Waals surface area contributed by atoms with E-state index in [4.69, 9.17) is 23.2 Å². The van der Waals surface area contributed by atoms with Crippen LogP contribution in [0.1, 0.15) is 19.8 Å². The Kier molecular flexibility index (Phi) is 1.72. The molecule has 1 N–H and O–H groups in total. The van der Waals surface area contributed by atoms with E-state index in [0.29, 0.717) is 12.8 Å². The number of H-pyrrole nitrogens is 1. The topological polar surface area (TPSA) is 63.6 Å². The molecule has 7 heteroatoms. The highest BCUT2D eigenvalue weighted by Gasteiger charge is 2.68. The molecule has 1 aliphatic rings. The van der Waals surface area contributed by atoms with Crippen LogP contribution < -0.4 is 5.69 Å². The van der Waals surface area contributed by atoms with E-state index in [2.05, 4.69) is 15.5 Å². The molecule has 72 valence electrons. The fourth-order valence-corrected chi connectivity index (χ4v) is 2.43. The van der Waals surface area contributed by atoms with Crippen LogP contribution in [0.4, 0.5) is 0 Å². The molecule has 1 aromatic rings. The molecule has 1 unspecified atom stereocenters. The molecule has 1 aliphatic carbocycles. The van der Waals surface area contributed by atoms with Crippen molar-refractivity contribution in [1.29, 1.82) is 0 Å². The van der Waals surface area contributed by atoms with E-state index < -0.39 is 9.87 Å². The van der Waals surface area contributed by atoms with E-state index in [1.54, 1.807) is 0 Å². The monoisotopic (exact) mass is 222 g/mol. The first kappa shape index (κ1) is 9.02. The Bertz CT molecular complexity index is 384. The summed E-state index contributed by atoms with van der Waals surface area (Å²) >= 11 is 11.9. The van der Waals surface area contributed by atoms with Crippen molar-refractivity contribution in [2.75, 3.05) is 0 Å². The number of hydrogen-bond donors (Lipinski definition) is 1. The molecular formula is C6H8Cl2N4O. The minimum atomic E-state index is -0.886. The van der Waals surface area contributed by atoms with Crippen molar-refractivity contribution >= 4 is 23.2 Å². The SMILES string of the molecule is CCC1(n2nn[nH]c2=O)CC1(Cl)Cl. The lowest BCUT2D eigenvalue weighted by Gasteiger charge is -2.13. The van der Waals surface area contributed by atoms with Gasteiger partial charge in [0.2, 0.25) is 0 Å². The van der Waals surface area contributed by atoms with Crippen molar-refractivity contribution in [2.24, 2.45) is 0 Å². The van der Waals surface area contributed by atoms with Crippen LogP contribution in [0.25, 0.3) is 0 Å². The third-order valence-electron chi connectivity index (χ3n) is 2.53. The quantitative estimate of drug-likeness (QED) is 0.748. The fourth-order valence-electron chi connectivity index (χ4n) is 1.56. The van der Waals surface area contributed by atoms with Gasteiger partial charge in [0.1, 0.15) is 9.87 Å². The Balaban J connectivity index is 2.47. The Labute approximate surface area is 84.0 Å². The molecule has 0 radical (unpaired) electrons. The van der Waals surface area contributed by atoms with Crippen LogP contribution in [0, 0.1) is 0 Å². The van der Waals surface area contributed by atoms with Gasteiger partial charge in [-0.2, -0.15) is 4.68 Å².